The largest absolute Gasteiger partial charge is 0.372 e. The van der Waals surface area contributed by atoms with E-state index in [4.69, 9.17) is 5.73 Å². The molecule has 94 valence electrons. The summed E-state index contributed by atoms with van der Waals surface area (Å²) in [6.07, 6.45) is 4.72. The van der Waals surface area contributed by atoms with Gasteiger partial charge in [-0.05, 0) is 55.9 Å². The van der Waals surface area contributed by atoms with Crippen molar-refractivity contribution in [2.75, 3.05) is 18.0 Å². The Morgan fingerprint density at radius 3 is 2.59 bits per heavy atom. The summed E-state index contributed by atoms with van der Waals surface area (Å²) in [5, 5.41) is 0. The Morgan fingerprint density at radius 1 is 1.29 bits per heavy atom. The van der Waals surface area contributed by atoms with Crippen LogP contribution in [0.1, 0.15) is 37.3 Å². The van der Waals surface area contributed by atoms with Gasteiger partial charge in [0.2, 0.25) is 0 Å². The summed E-state index contributed by atoms with van der Waals surface area (Å²) < 4.78 is 0. The van der Waals surface area contributed by atoms with Crippen LogP contribution in [0.5, 0.6) is 0 Å². The van der Waals surface area contributed by atoms with Crippen molar-refractivity contribution in [3.63, 3.8) is 0 Å². The third-order valence-electron chi connectivity index (χ3n) is 3.80. The molecule has 0 saturated carbocycles. The molecule has 1 aliphatic heterocycles. The van der Waals surface area contributed by atoms with Crippen molar-refractivity contribution in [1.29, 1.82) is 0 Å². The van der Waals surface area contributed by atoms with Crippen LogP contribution in [-0.2, 0) is 6.42 Å². The maximum Gasteiger partial charge on any atom is 0.0369 e. The van der Waals surface area contributed by atoms with Gasteiger partial charge in [0, 0.05) is 24.8 Å². The van der Waals surface area contributed by atoms with Crippen molar-refractivity contribution in [2.24, 2.45) is 5.73 Å². The minimum Gasteiger partial charge on any atom is -0.372 e. The predicted molar refractivity (Wildman–Crippen MR) is 74.6 cm³/mol. The molecule has 1 heterocycles. The van der Waals surface area contributed by atoms with Crippen molar-refractivity contribution in [1.82, 2.24) is 0 Å². The van der Waals surface area contributed by atoms with E-state index in [2.05, 4.69) is 36.9 Å². The Hall–Kier alpha value is -1.02. The first-order chi connectivity index (χ1) is 8.20. The van der Waals surface area contributed by atoms with E-state index >= 15 is 0 Å². The molecular formula is C15H24N2. The first-order valence-corrected chi connectivity index (χ1v) is 6.80. The Labute approximate surface area is 105 Å². The van der Waals surface area contributed by atoms with E-state index in [-0.39, 0.29) is 0 Å². The Morgan fingerprint density at radius 2 is 2.00 bits per heavy atom. The highest BCUT2D eigenvalue weighted by Gasteiger charge is 2.13. The van der Waals surface area contributed by atoms with Crippen molar-refractivity contribution < 1.29 is 0 Å². The zero-order valence-corrected chi connectivity index (χ0v) is 11.1. The van der Waals surface area contributed by atoms with Crippen molar-refractivity contribution in [2.45, 2.75) is 45.6 Å². The minimum atomic E-state index is 0.298. The molecule has 0 bridgehead atoms. The van der Waals surface area contributed by atoms with E-state index in [1.807, 2.05) is 0 Å². The van der Waals surface area contributed by atoms with Crippen LogP contribution in [0.4, 0.5) is 5.69 Å². The highest BCUT2D eigenvalue weighted by Crippen LogP contribution is 2.23. The van der Waals surface area contributed by atoms with E-state index in [0.29, 0.717) is 6.04 Å². The number of anilines is 1. The fourth-order valence-electron chi connectivity index (χ4n) is 2.51. The number of hydrogen-bond acceptors (Lipinski definition) is 2. The van der Waals surface area contributed by atoms with Crippen LogP contribution in [0, 0.1) is 6.92 Å². The van der Waals surface area contributed by atoms with Crippen LogP contribution in [-0.4, -0.2) is 19.1 Å². The predicted octanol–water partition coefficient (Wildman–Crippen LogP) is 2.88. The second kappa shape index (κ2) is 5.54. The Bertz CT molecular complexity index is 367. The molecule has 2 rings (SSSR count). The van der Waals surface area contributed by atoms with Gasteiger partial charge in [0.25, 0.3) is 0 Å². The van der Waals surface area contributed by atoms with Gasteiger partial charge < -0.3 is 10.6 Å². The van der Waals surface area contributed by atoms with Crippen molar-refractivity contribution in [3.05, 3.63) is 29.3 Å². The first kappa shape index (κ1) is 12.4. The number of aryl methyl sites for hydroxylation is 1. The van der Waals surface area contributed by atoms with Crippen LogP contribution in [0.15, 0.2) is 18.2 Å². The molecule has 1 fully saturated rings. The van der Waals surface area contributed by atoms with Gasteiger partial charge in [-0.1, -0.05) is 13.0 Å². The highest BCUT2D eigenvalue weighted by molar-refractivity contribution is 5.51. The fourth-order valence-corrected chi connectivity index (χ4v) is 2.51. The van der Waals surface area contributed by atoms with E-state index in [0.717, 1.165) is 12.8 Å². The molecule has 1 aromatic rings. The van der Waals surface area contributed by atoms with E-state index in [1.165, 1.54) is 42.7 Å². The highest BCUT2D eigenvalue weighted by atomic mass is 15.1. The van der Waals surface area contributed by atoms with E-state index < -0.39 is 0 Å². The molecule has 0 spiro atoms. The summed E-state index contributed by atoms with van der Waals surface area (Å²) in [6.45, 7) is 6.79. The van der Waals surface area contributed by atoms with Crippen LogP contribution >= 0.6 is 0 Å². The molecule has 2 nitrogen and oxygen atoms in total. The number of hydrogen-bond donors (Lipinski definition) is 1. The molecule has 2 heteroatoms. The van der Waals surface area contributed by atoms with Gasteiger partial charge in [0.1, 0.15) is 0 Å². The molecule has 1 aliphatic rings. The number of rotatable bonds is 4. The molecule has 0 aromatic heterocycles. The summed E-state index contributed by atoms with van der Waals surface area (Å²) in [6, 6.07) is 7.14. The van der Waals surface area contributed by atoms with Gasteiger partial charge in [-0.25, -0.2) is 0 Å². The smallest absolute Gasteiger partial charge is 0.0369 e. The summed E-state index contributed by atoms with van der Waals surface area (Å²) in [4.78, 5) is 2.48. The van der Waals surface area contributed by atoms with E-state index in [9.17, 15) is 0 Å². The number of benzene rings is 1. The zero-order chi connectivity index (χ0) is 12.3. The molecular weight excluding hydrogens is 208 g/mol. The van der Waals surface area contributed by atoms with Crippen molar-refractivity contribution in [3.8, 4) is 0 Å². The van der Waals surface area contributed by atoms with E-state index in [1.54, 1.807) is 0 Å². The fraction of sp³-hybridized carbons (Fsp3) is 0.600. The van der Waals surface area contributed by atoms with Crippen LogP contribution in [0.2, 0.25) is 0 Å². The molecule has 1 aromatic carbocycles. The molecule has 1 unspecified atom stereocenters. The van der Waals surface area contributed by atoms with Gasteiger partial charge in [-0.3, -0.25) is 0 Å². The lowest BCUT2D eigenvalue weighted by Gasteiger charge is -2.20. The maximum atomic E-state index is 6.02. The lowest BCUT2D eigenvalue weighted by atomic mass is 9.99. The van der Waals surface area contributed by atoms with Gasteiger partial charge in [-0.15, -0.1) is 0 Å². The monoisotopic (exact) mass is 232 g/mol. The SMILES string of the molecule is CCC(N)Cc1ccc(N2CCCC2)cc1C. The molecule has 1 atom stereocenters. The summed E-state index contributed by atoms with van der Waals surface area (Å²) in [7, 11) is 0. The lowest BCUT2D eigenvalue weighted by Crippen LogP contribution is -2.22. The molecule has 0 amide bonds. The molecule has 17 heavy (non-hydrogen) atoms. The third-order valence-corrected chi connectivity index (χ3v) is 3.80. The summed E-state index contributed by atoms with van der Waals surface area (Å²) in [5.41, 5.74) is 10.2. The molecule has 0 radical (unpaired) electrons. The quantitative estimate of drug-likeness (QED) is 0.865. The third kappa shape index (κ3) is 3.01. The summed E-state index contributed by atoms with van der Waals surface area (Å²) in [5.74, 6) is 0. The normalized spacial score (nSPS) is 17.5. The van der Waals surface area contributed by atoms with Gasteiger partial charge in [0.15, 0.2) is 0 Å². The van der Waals surface area contributed by atoms with Gasteiger partial charge in [-0.2, -0.15) is 0 Å². The number of nitrogens with two attached hydrogens (primary N) is 1. The standard InChI is InChI=1S/C15H24N2/c1-3-14(16)11-13-6-7-15(10-12(13)2)17-8-4-5-9-17/h6-7,10,14H,3-5,8-9,11,16H2,1-2H3. The van der Waals surface area contributed by atoms with Crippen LogP contribution in [0.3, 0.4) is 0 Å². The Kier molecular flexibility index (Phi) is 4.06. The average Bonchev–Trinajstić information content (AvgIpc) is 2.85. The van der Waals surface area contributed by atoms with Gasteiger partial charge >= 0.3 is 0 Å². The topological polar surface area (TPSA) is 29.3 Å². The van der Waals surface area contributed by atoms with Crippen LogP contribution in [0.25, 0.3) is 0 Å². The molecule has 2 N–H and O–H groups in total. The lowest BCUT2D eigenvalue weighted by molar-refractivity contribution is 0.644. The second-order valence-electron chi connectivity index (χ2n) is 5.18. The maximum absolute atomic E-state index is 6.02. The number of nitrogens with zero attached hydrogens (tertiary/aromatic N) is 1. The molecule has 1 saturated heterocycles. The van der Waals surface area contributed by atoms with Crippen molar-refractivity contribution >= 4 is 5.69 Å². The second-order valence-corrected chi connectivity index (χ2v) is 5.18. The minimum absolute atomic E-state index is 0.298. The zero-order valence-electron chi connectivity index (χ0n) is 11.1. The first-order valence-electron chi connectivity index (χ1n) is 6.80. The Balaban J connectivity index is 2.10. The molecule has 0 aliphatic carbocycles. The van der Waals surface area contributed by atoms with Crippen LogP contribution < -0.4 is 10.6 Å². The summed E-state index contributed by atoms with van der Waals surface area (Å²) >= 11 is 0. The van der Waals surface area contributed by atoms with Gasteiger partial charge in [0.05, 0.1) is 0 Å². The average molecular weight is 232 g/mol.